The number of rotatable bonds is 4. The smallest absolute Gasteiger partial charge is 0.150 e. The molecule has 1 saturated heterocycles. The first-order valence-corrected chi connectivity index (χ1v) is 7.62. The highest BCUT2D eigenvalue weighted by Crippen LogP contribution is 2.27. The zero-order chi connectivity index (χ0) is 14.7. The van der Waals surface area contributed by atoms with Crippen LogP contribution in [0.25, 0.3) is 0 Å². The number of anilines is 1. The number of aryl methyl sites for hydroxylation is 2. The van der Waals surface area contributed by atoms with Crippen molar-refractivity contribution >= 4 is 12.0 Å². The largest absolute Gasteiger partial charge is 0.369 e. The van der Waals surface area contributed by atoms with Crippen LogP contribution in [-0.4, -0.2) is 43.4 Å². The number of nitrogens with zero attached hydrogens (tertiary/aromatic N) is 2. The molecule has 1 heterocycles. The average molecular weight is 274 g/mol. The topological polar surface area (TPSA) is 23.6 Å². The molecule has 1 aromatic carbocycles. The van der Waals surface area contributed by atoms with Gasteiger partial charge in [-0.15, -0.1) is 0 Å². The van der Waals surface area contributed by atoms with Crippen LogP contribution in [0.2, 0.25) is 0 Å². The van der Waals surface area contributed by atoms with Gasteiger partial charge in [-0.05, 0) is 50.5 Å². The summed E-state index contributed by atoms with van der Waals surface area (Å²) in [6.45, 7) is 13.2. The Bertz CT molecular complexity index is 453. The Morgan fingerprint density at radius 2 is 1.70 bits per heavy atom. The molecule has 2 rings (SSSR count). The summed E-state index contributed by atoms with van der Waals surface area (Å²) in [5.74, 6) is 0. The second kappa shape index (κ2) is 6.40. The zero-order valence-corrected chi connectivity index (χ0v) is 13.1. The van der Waals surface area contributed by atoms with Crippen LogP contribution in [0.4, 0.5) is 5.69 Å². The lowest BCUT2D eigenvalue weighted by atomic mass is 10.0. The second-order valence-electron chi connectivity index (χ2n) is 5.90. The maximum Gasteiger partial charge on any atom is 0.150 e. The third-order valence-electron chi connectivity index (χ3n) is 4.49. The van der Waals surface area contributed by atoms with E-state index in [4.69, 9.17) is 0 Å². The van der Waals surface area contributed by atoms with Crippen molar-refractivity contribution in [1.82, 2.24) is 4.90 Å². The van der Waals surface area contributed by atoms with Crippen LogP contribution in [0.15, 0.2) is 12.1 Å². The third-order valence-corrected chi connectivity index (χ3v) is 4.49. The molecule has 3 heteroatoms. The molecule has 0 unspecified atom stereocenters. The minimum atomic E-state index is 0.678. The number of piperazine rings is 1. The minimum Gasteiger partial charge on any atom is -0.369 e. The summed E-state index contributed by atoms with van der Waals surface area (Å²) in [5.41, 5.74) is 4.52. The van der Waals surface area contributed by atoms with E-state index in [0.717, 1.165) is 38.0 Å². The van der Waals surface area contributed by atoms with E-state index in [1.807, 2.05) is 12.1 Å². The fourth-order valence-corrected chi connectivity index (χ4v) is 3.20. The van der Waals surface area contributed by atoms with E-state index < -0.39 is 0 Å². The first kappa shape index (κ1) is 15.0. The number of hydrogen-bond acceptors (Lipinski definition) is 3. The van der Waals surface area contributed by atoms with Crippen molar-refractivity contribution in [2.45, 2.75) is 40.2 Å². The van der Waals surface area contributed by atoms with Gasteiger partial charge < -0.3 is 4.90 Å². The number of hydrogen-bond donors (Lipinski definition) is 0. The van der Waals surface area contributed by atoms with Crippen LogP contribution in [0.1, 0.15) is 41.8 Å². The van der Waals surface area contributed by atoms with Gasteiger partial charge in [0.1, 0.15) is 6.29 Å². The molecule has 0 N–H and O–H groups in total. The summed E-state index contributed by atoms with van der Waals surface area (Å²) in [6.07, 6.45) is 2.15. The standard InChI is InChI=1S/C17H26N2O/c1-5-15(4)18-6-8-19(9-7-18)17-13(2)10-16(12-20)11-14(17)3/h10-12,15H,5-9H2,1-4H3/t15-/m0/s1. The molecule has 0 amide bonds. The molecule has 0 radical (unpaired) electrons. The van der Waals surface area contributed by atoms with Crippen molar-refractivity contribution in [3.8, 4) is 0 Å². The Morgan fingerprint density at radius 1 is 1.15 bits per heavy atom. The van der Waals surface area contributed by atoms with Gasteiger partial charge >= 0.3 is 0 Å². The van der Waals surface area contributed by atoms with Gasteiger partial charge in [-0.1, -0.05) is 6.92 Å². The Kier molecular flexibility index (Phi) is 4.81. The molecule has 20 heavy (non-hydrogen) atoms. The highest BCUT2D eigenvalue weighted by atomic mass is 16.1. The van der Waals surface area contributed by atoms with E-state index in [1.165, 1.54) is 23.2 Å². The van der Waals surface area contributed by atoms with E-state index in [-0.39, 0.29) is 0 Å². The summed E-state index contributed by atoms with van der Waals surface area (Å²) in [4.78, 5) is 16.0. The number of aldehydes is 1. The van der Waals surface area contributed by atoms with Gasteiger partial charge in [0.15, 0.2) is 0 Å². The minimum absolute atomic E-state index is 0.678. The summed E-state index contributed by atoms with van der Waals surface area (Å²) >= 11 is 0. The quantitative estimate of drug-likeness (QED) is 0.789. The first-order valence-electron chi connectivity index (χ1n) is 7.62. The predicted octanol–water partition coefficient (Wildman–Crippen LogP) is 3.04. The lowest BCUT2D eigenvalue weighted by Gasteiger charge is -2.40. The van der Waals surface area contributed by atoms with Gasteiger partial charge in [0.2, 0.25) is 0 Å². The van der Waals surface area contributed by atoms with E-state index >= 15 is 0 Å². The molecule has 1 aliphatic heterocycles. The van der Waals surface area contributed by atoms with Gasteiger partial charge in [-0.3, -0.25) is 9.69 Å². The van der Waals surface area contributed by atoms with Crippen molar-refractivity contribution in [1.29, 1.82) is 0 Å². The van der Waals surface area contributed by atoms with Crippen LogP contribution >= 0.6 is 0 Å². The van der Waals surface area contributed by atoms with E-state index in [2.05, 4.69) is 37.5 Å². The van der Waals surface area contributed by atoms with Gasteiger partial charge in [-0.25, -0.2) is 0 Å². The average Bonchev–Trinajstić information content (AvgIpc) is 2.46. The van der Waals surface area contributed by atoms with E-state index in [0.29, 0.717) is 6.04 Å². The third kappa shape index (κ3) is 3.04. The van der Waals surface area contributed by atoms with E-state index in [9.17, 15) is 4.79 Å². The van der Waals surface area contributed by atoms with Crippen LogP contribution in [-0.2, 0) is 0 Å². The Morgan fingerprint density at radius 3 is 2.15 bits per heavy atom. The fourth-order valence-electron chi connectivity index (χ4n) is 3.20. The molecular weight excluding hydrogens is 248 g/mol. The highest BCUT2D eigenvalue weighted by molar-refractivity contribution is 5.78. The van der Waals surface area contributed by atoms with Gasteiger partial charge in [0, 0.05) is 43.5 Å². The van der Waals surface area contributed by atoms with Crippen LogP contribution < -0.4 is 4.90 Å². The summed E-state index contributed by atoms with van der Waals surface area (Å²) in [5, 5.41) is 0. The summed E-state index contributed by atoms with van der Waals surface area (Å²) in [7, 11) is 0. The fraction of sp³-hybridized carbons (Fsp3) is 0.588. The second-order valence-corrected chi connectivity index (χ2v) is 5.90. The molecule has 0 bridgehead atoms. The molecule has 0 spiro atoms. The lowest BCUT2D eigenvalue weighted by molar-refractivity contribution is 0.112. The van der Waals surface area contributed by atoms with Crippen LogP contribution in [0, 0.1) is 13.8 Å². The zero-order valence-electron chi connectivity index (χ0n) is 13.1. The van der Waals surface area contributed by atoms with Crippen molar-refractivity contribution in [2.75, 3.05) is 31.1 Å². The van der Waals surface area contributed by atoms with Gasteiger partial charge in [0.05, 0.1) is 0 Å². The highest BCUT2D eigenvalue weighted by Gasteiger charge is 2.22. The van der Waals surface area contributed by atoms with E-state index in [1.54, 1.807) is 0 Å². The molecule has 110 valence electrons. The molecular formula is C17H26N2O. The Hall–Kier alpha value is -1.35. The summed E-state index contributed by atoms with van der Waals surface area (Å²) < 4.78 is 0. The predicted molar refractivity (Wildman–Crippen MR) is 84.8 cm³/mol. The molecule has 1 aromatic rings. The summed E-state index contributed by atoms with van der Waals surface area (Å²) in [6, 6.07) is 4.67. The van der Waals surface area contributed by atoms with Crippen molar-refractivity contribution in [3.63, 3.8) is 0 Å². The van der Waals surface area contributed by atoms with Crippen LogP contribution in [0.3, 0.4) is 0 Å². The Balaban J connectivity index is 2.13. The SMILES string of the molecule is CC[C@H](C)N1CCN(c2c(C)cc(C=O)cc2C)CC1. The van der Waals surface area contributed by atoms with Gasteiger partial charge in [0.25, 0.3) is 0 Å². The first-order chi connectivity index (χ1) is 9.56. The molecule has 0 aliphatic carbocycles. The Labute approximate surface area is 122 Å². The van der Waals surface area contributed by atoms with Gasteiger partial charge in [-0.2, -0.15) is 0 Å². The lowest BCUT2D eigenvalue weighted by Crippen LogP contribution is -2.49. The normalized spacial score (nSPS) is 18.1. The monoisotopic (exact) mass is 274 g/mol. The number of carbonyl (C=O) groups excluding carboxylic acids is 1. The molecule has 1 atom stereocenters. The van der Waals surface area contributed by atoms with Crippen LogP contribution in [0.5, 0.6) is 0 Å². The molecule has 0 aromatic heterocycles. The van der Waals surface area contributed by atoms with Crippen molar-refractivity contribution in [2.24, 2.45) is 0 Å². The maximum absolute atomic E-state index is 10.9. The molecule has 3 nitrogen and oxygen atoms in total. The maximum atomic E-state index is 10.9. The molecule has 1 fully saturated rings. The molecule has 1 aliphatic rings. The number of benzene rings is 1. The van der Waals surface area contributed by atoms with Crippen molar-refractivity contribution < 1.29 is 4.79 Å². The van der Waals surface area contributed by atoms with Crippen molar-refractivity contribution in [3.05, 3.63) is 28.8 Å². The molecule has 0 saturated carbocycles. The number of carbonyl (C=O) groups is 1.